The molecule has 0 unspecified atom stereocenters. The Labute approximate surface area is 109 Å². The molecule has 4 nitrogen and oxygen atoms in total. The zero-order chi connectivity index (χ0) is 13.2. The molecule has 0 spiro atoms. The SMILES string of the molecule is CN(C(=O)c1cc(O)ccc1O)C(C)(C)CBr. The lowest BCUT2D eigenvalue weighted by molar-refractivity contribution is 0.0660. The smallest absolute Gasteiger partial charge is 0.257 e. The standard InChI is InChI=1S/C12H16BrNO3/c1-12(2,7-13)14(3)11(17)9-6-8(15)4-5-10(9)16/h4-6,15-16H,7H2,1-3H3. The zero-order valence-electron chi connectivity index (χ0n) is 10.1. The third-order valence-electron chi connectivity index (χ3n) is 2.75. The molecule has 0 saturated heterocycles. The van der Waals surface area contributed by atoms with E-state index < -0.39 is 0 Å². The fourth-order valence-corrected chi connectivity index (χ4v) is 1.62. The van der Waals surface area contributed by atoms with Crippen LogP contribution in [0.15, 0.2) is 18.2 Å². The van der Waals surface area contributed by atoms with Gasteiger partial charge in [-0.1, -0.05) is 15.9 Å². The highest BCUT2D eigenvalue weighted by Crippen LogP contribution is 2.26. The molecule has 0 aliphatic rings. The van der Waals surface area contributed by atoms with Crippen molar-refractivity contribution in [1.82, 2.24) is 4.90 Å². The molecule has 0 bridgehead atoms. The maximum absolute atomic E-state index is 12.2. The Morgan fingerprint density at radius 2 is 2.00 bits per heavy atom. The molecule has 0 radical (unpaired) electrons. The lowest BCUT2D eigenvalue weighted by atomic mass is 10.0. The summed E-state index contributed by atoms with van der Waals surface area (Å²) in [6, 6.07) is 3.90. The normalized spacial score (nSPS) is 11.3. The average Bonchev–Trinajstić information content (AvgIpc) is 2.30. The molecule has 0 heterocycles. The molecule has 2 N–H and O–H groups in total. The van der Waals surface area contributed by atoms with Gasteiger partial charge in [-0.05, 0) is 32.0 Å². The van der Waals surface area contributed by atoms with Gasteiger partial charge in [0.15, 0.2) is 0 Å². The predicted molar refractivity (Wildman–Crippen MR) is 69.7 cm³/mol. The molecule has 0 saturated carbocycles. The van der Waals surface area contributed by atoms with Gasteiger partial charge in [-0.25, -0.2) is 0 Å². The number of carbonyl (C=O) groups is 1. The van der Waals surface area contributed by atoms with Crippen molar-refractivity contribution in [2.24, 2.45) is 0 Å². The van der Waals surface area contributed by atoms with Crippen LogP contribution in [0.25, 0.3) is 0 Å². The van der Waals surface area contributed by atoms with Gasteiger partial charge in [-0.15, -0.1) is 0 Å². The molecule has 1 aromatic rings. The van der Waals surface area contributed by atoms with E-state index in [2.05, 4.69) is 15.9 Å². The molecule has 0 aliphatic heterocycles. The molecule has 0 fully saturated rings. The van der Waals surface area contributed by atoms with Gasteiger partial charge < -0.3 is 15.1 Å². The average molecular weight is 302 g/mol. The van der Waals surface area contributed by atoms with Crippen LogP contribution in [0.4, 0.5) is 0 Å². The number of nitrogens with zero attached hydrogens (tertiary/aromatic N) is 1. The minimum absolute atomic E-state index is 0.0452. The Hall–Kier alpha value is -1.23. The number of phenolic OH excluding ortho intramolecular Hbond substituents is 2. The maximum Gasteiger partial charge on any atom is 0.257 e. The van der Waals surface area contributed by atoms with E-state index in [0.29, 0.717) is 5.33 Å². The highest BCUT2D eigenvalue weighted by atomic mass is 79.9. The Kier molecular flexibility index (Phi) is 4.03. The number of amides is 1. The molecular weight excluding hydrogens is 286 g/mol. The molecule has 0 aromatic heterocycles. The minimum Gasteiger partial charge on any atom is -0.508 e. The highest BCUT2D eigenvalue weighted by molar-refractivity contribution is 9.09. The number of aromatic hydroxyl groups is 2. The molecule has 1 aromatic carbocycles. The van der Waals surface area contributed by atoms with Crippen LogP contribution in [-0.4, -0.2) is 38.9 Å². The molecule has 5 heteroatoms. The minimum atomic E-state index is -0.380. The Balaban J connectivity index is 3.08. The summed E-state index contributed by atoms with van der Waals surface area (Å²) in [7, 11) is 1.66. The molecular formula is C12H16BrNO3. The molecule has 94 valence electrons. The second kappa shape index (κ2) is 4.96. The van der Waals surface area contributed by atoms with Gasteiger partial charge in [0, 0.05) is 17.9 Å². The summed E-state index contributed by atoms with van der Waals surface area (Å²) < 4.78 is 0. The van der Waals surface area contributed by atoms with Gasteiger partial charge >= 0.3 is 0 Å². The van der Waals surface area contributed by atoms with Crippen LogP contribution in [0.2, 0.25) is 0 Å². The van der Waals surface area contributed by atoms with Crippen molar-refractivity contribution in [2.75, 3.05) is 12.4 Å². The number of hydrogen-bond acceptors (Lipinski definition) is 3. The van der Waals surface area contributed by atoms with Crippen LogP contribution >= 0.6 is 15.9 Å². The summed E-state index contributed by atoms with van der Waals surface area (Å²) in [4.78, 5) is 13.7. The van der Waals surface area contributed by atoms with Gasteiger partial charge in [-0.2, -0.15) is 0 Å². The van der Waals surface area contributed by atoms with E-state index in [0.717, 1.165) is 0 Å². The number of hydrogen-bond donors (Lipinski definition) is 2. The first-order chi connectivity index (χ1) is 7.79. The van der Waals surface area contributed by atoms with E-state index in [1.165, 1.54) is 23.1 Å². The molecule has 0 aliphatic carbocycles. The lowest BCUT2D eigenvalue weighted by Gasteiger charge is -2.34. The number of rotatable bonds is 3. The Morgan fingerprint density at radius 3 is 2.53 bits per heavy atom. The van der Waals surface area contributed by atoms with Gasteiger partial charge in [0.1, 0.15) is 11.5 Å². The molecule has 17 heavy (non-hydrogen) atoms. The second-order valence-corrected chi connectivity index (χ2v) is 5.07. The summed E-state index contributed by atoms with van der Waals surface area (Å²) in [5, 5.41) is 19.6. The third kappa shape index (κ3) is 2.91. The van der Waals surface area contributed by atoms with E-state index in [4.69, 9.17) is 0 Å². The van der Waals surface area contributed by atoms with E-state index in [1.54, 1.807) is 7.05 Å². The molecule has 1 rings (SSSR count). The third-order valence-corrected chi connectivity index (χ3v) is 4.12. The van der Waals surface area contributed by atoms with Gasteiger partial charge in [-0.3, -0.25) is 4.79 Å². The summed E-state index contributed by atoms with van der Waals surface area (Å²) in [5.41, 5.74) is -0.281. The number of benzene rings is 1. The van der Waals surface area contributed by atoms with Crippen molar-refractivity contribution < 1.29 is 15.0 Å². The van der Waals surface area contributed by atoms with Gasteiger partial charge in [0.2, 0.25) is 0 Å². The number of halogens is 1. The second-order valence-electron chi connectivity index (χ2n) is 4.51. The quantitative estimate of drug-likeness (QED) is 0.665. The molecule has 1 amide bonds. The summed E-state index contributed by atoms with van der Waals surface area (Å²) >= 11 is 3.34. The first-order valence-electron chi connectivity index (χ1n) is 5.15. The van der Waals surface area contributed by atoms with E-state index >= 15 is 0 Å². The van der Waals surface area contributed by atoms with E-state index in [9.17, 15) is 15.0 Å². The van der Waals surface area contributed by atoms with Crippen molar-refractivity contribution >= 4 is 21.8 Å². The summed E-state index contributed by atoms with van der Waals surface area (Å²) in [6.07, 6.45) is 0. The maximum atomic E-state index is 12.2. The van der Waals surface area contributed by atoms with Crippen LogP contribution in [-0.2, 0) is 0 Å². The monoisotopic (exact) mass is 301 g/mol. The fourth-order valence-electron chi connectivity index (χ4n) is 1.24. The first-order valence-corrected chi connectivity index (χ1v) is 6.28. The number of phenols is 2. The van der Waals surface area contributed by atoms with Crippen molar-refractivity contribution in [1.29, 1.82) is 0 Å². The topological polar surface area (TPSA) is 60.8 Å². The number of carbonyl (C=O) groups excluding carboxylic acids is 1. The highest BCUT2D eigenvalue weighted by Gasteiger charge is 2.28. The Morgan fingerprint density at radius 1 is 1.41 bits per heavy atom. The predicted octanol–water partition coefficient (Wildman–Crippen LogP) is 2.34. The van der Waals surface area contributed by atoms with Crippen molar-refractivity contribution in [3.63, 3.8) is 0 Å². The summed E-state index contributed by atoms with van der Waals surface area (Å²) in [6.45, 7) is 3.80. The lowest BCUT2D eigenvalue weighted by Crippen LogP contribution is -2.46. The van der Waals surface area contributed by atoms with Crippen LogP contribution in [0.5, 0.6) is 11.5 Å². The van der Waals surface area contributed by atoms with Crippen molar-refractivity contribution in [3.05, 3.63) is 23.8 Å². The van der Waals surface area contributed by atoms with E-state index in [1.807, 2.05) is 13.8 Å². The van der Waals surface area contributed by atoms with Crippen LogP contribution in [0.1, 0.15) is 24.2 Å². The largest absolute Gasteiger partial charge is 0.508 e. The van der Waals surface area contributed by atoms with Crippen molar-refractivity contribution in [2.45, 2.75) is 19.4 Å². The zero-order valence-corrected chi connectivity index (χ0v) is 11.7. The van der Waals surface area contributed by atoms with E-state index in [-0.39, 0.29) is 28.5 Å². The van der Waals surface area contributed by atoms with Crippen LogP contribution in [0.3, 0.4) is 0 Å². The summed E-state index contributed by atoms with van der Waals surface area (Å²) in [5.74, 6) is -0.510. The first kappa shape index (κ1) is 13.8. The van der Waals surface area contributed by atoms with Gasteiger partial charge in [0.05, 0.1) is 5.56 Å². The number of alkyl halides is 1. The van der Waals surface area contributed by atoms with Gasteiger partial charge in [0.25, 0.3) is 5.91 Å². The Bertz CT molecular complexity index is 432. The van der Waals surface area contributed by atoms with Crippen LogP contribution in [0, 0.1) is 0 Å². The van der Waals surface area contributed by atoms with Crippen molar-refractivity contribution in [3.8, 4) is 11.5 Å². The van der Waals surface area contributed by atoms with Crippen LogP contribution < -0.4 is 0 Å². The molecule has 0 atom stereocenters. The fraction of sp³-hybridized carbons (Fsp3) is 0.417.